The van der Waals surface area contributed by atoms with Crippen molar-refractivity contribution < 1.29 is 29.9 Å². The van der Waals surface area contributed by atoms with Gasteiger partial charge in [0.15, 0.2) is 6.23 Å². The first-order valence-electron chi connectivity index (χ1n) is 11.0. The van der Waals surface area contributed by atoms with E-state index in [1.54, 1.807) is 16.3 Å². The van der Waals surface area contributed by atoms with Crippen molar-refractivity contribution in [1.82, 2.24) is 4.57 Å². The minimum absolute atomic E-state index is 0.471. The molecule has 6 N–H and O–H groups in total. The molecule has 9 heteroatoms. The van der Waals surface area contributed by atoms with Crippen molar-refractivity contribution >= 4 is 22.7 Å². The van der Waals surface area contributed by atoms with Gasteiger partial charge in [0.05, 0.1) is 18.7 Å². The van der Waals surface area contributed by atoms with Gasteiger partial charge >= 0.3 is 0 Å². The number of benzene rings is 2. The Bertz CT molecular complexity index is 1070. The molecule has 1 saturated heterocycles. The van der Waals surface area contributed by atoms with Crippen molar-refractivity contribution in [2.24, 2.45) is 5.73 Å². The van der Waals surface area contributed by atoms with E-state index in [0.717, 1.165) is 38.4 Å². The minimum Gasteiger partial charge on any atom is -0.494 e. The van der Waals surface area contributed by atoms with Crippen molar-refractivity contribution in [2.45, 2.75) is 53.8 Å². The van der Waals surface area contributed by atoms with Crippen molar-refractivity contribution in [1.29, 1.82) is 0 Å². The van der Waals surface area contributed by atoms with E-state index in [1.807, 2.05) is 55.6 Å². The molecule has 1 fully saturated rings. The molecule has 1 aliphatic heterocycles. The Morgan fingerprint density at radius 2 is 1.82 bits per heavy atom. The number of hydrogen-bond acceptors (Lipinski definition) is 8. The highest BCUT2D eigenvalue weighted by atomic mass is 32.2. The van der Waals surface area contributed by atoms with Crippen LogP contribution in [0.15, 0.2) is 58.5 Å². The second-order valence-corrected chi connectivity index (χ2v) is 9.27. The second kappa shape index (κ2) is 10.4. The number of ether oxygens (including phenoxy) is 2. The van der Waals surface area contributed by atoms with Crippen molar-refractivity contribution in [2.75, 3.05) is 19.8 Å². The molecule has 5 atom stereocenters. The standard InChI is InChI=1S/C24H30N2O6S/c1-14-4-2-5-17-19(33-16-8-6-15(7-9-16)31-11-3-10-25)12-26(20(14)17)24-23(30)22(29)21(28)18(13-27)32-24/h2,4-9,12,18,21-24,27-30H,3,10-11,13,25H2,1H3/t18-,21-,22+,23-,24-/m1/s1. The quantitative estimate of drug-likeness (QED) is 0.313. The lowest BCUT2D eigenvalue weighted by Crippen LogP contribution is -2.56. The highest BCUT2D eigenvalue weighted by Crippen LogP contribution is 2.40. The molecule has 0 aliphatic carbocycles. The molecule has 4 rings (SSSR count). The van der Waals surface area contributed by atoms with Crippen LogP contribution in [0.2, 0.25) is 0 Å². The van der Waals surface area contributed by atoms with Gasteiger partial charge in [0, 0.05) is 21.4 Å². The van der Waals surface area contributed by atoms with Gasteiger partial charge < -0.3 is 40.2 Å². The van der Waals surface area contributed by atoms with Crippen LogP contribution in [-0.2, 0) is 4.74 Å². The number of aliphatic hydroxyl groups excluding tert-OH is 4. The lowest BCUT2D eigenvalue weighted by atomic mass is 9.98. The van der Waals surface area contributed by atoms with Gasteiger partial charge in [-0.25, -0.2) is 0 Å². The smallest absolute Gasteiger partial charge is 0.163 e. The van der Waals surface area contributed by atoms with Gasteiger partial charge in [0.2, 0.25) is 0 Å². The summed E-state index contributed by atoms with van der Waals surface area (Å²) in [4.78, 5) is 1.96. The lowest BCUT2D eigenvalue weighted by molar-refractivity contribution is -0.250. The first-order valence-corrected chi connectivity index (χ1v) is 11.8. The third kappa shape index (κ3) is 4.90. The monoisotopic (exact) mass is 474 g/mol. The summed E-state index contributed by atoms with van der Waals surface area (Å²) < 4.78 is 13.3. The van der Waals surface area contributed by atoms with Crippen LogP contribution in [-0.4, -0.2) is 69.2 Å². The largest absolute Gasteiger partial charge is 0.494 e. The van der Waals surface area contributed by atoms with Gasteiger partial charge in [-0.1, -0.05) is 30.0 Å². The fourth-order valence-electron chi connectivity index (χ4n) is 4.06. The van der Waals surface area contributed by atoms with E-state index in [2.05, 4.69) is 0 Å². The van der Waals surface area contributed by atoms with Crippen LogP contribution in [0.1, 0.15) is 18.2 Å². The van der Waals surface area contributed by atoms with Gasteiger partial charge in [-0.05, 0) is 49.7 Å². The van der Waals surface area contributed by atoms with E-state index >= 15 is 0 Å². The van der Waals surface area contributed by atoms with E-state index in [-0.39, 0.29) is 0 Å². The summed E-state index contributed by atoms with van der Waals surface area (Å²) >= 11 is 1.56. The van der Waals surface area contributed by atoms with Crippen molar-refractivity contribution in [3.8, 4) is 5.75 Å². The summed E-state index contributed by atoms with van der Waals surface area (Å²) in [6, 6.07) is 13.7. The van der Waals surface area contributed by atoms with Gasteiger partial charge in [-0.15, -0.1) is 0 Å². The number of para-hydroxylation sites is 1. The average Bonchev–Trinajstić information content (AvgIpc) is 3.18. The summed E-state index contributed by atoms with van der Waals surface area (Å²) in [7, 11) is 0. The lowest BCUT2D eigenvalue weighted by Gasteiger charge is -2.40. The first-order chi connectivity index (χ1) is 15.9. The van der Waals surface area contributed by atoms with E-state index in [1.165, 1.54) is 0 Å². The summed E-state index contributed by atoms with van der Waals surface area (Å²) in [5.74, 6) is 0.785. The third-order valence-corrected chi connectivity index (χ3v) is 6.88. The summed E-state index contributed by atoms with van der Waals surface area (Å²) in [5, 5.41) is 41.7. The molecule has 1 aromatic heterocycles. The Morgan fingerprint density at radius 3 is 2.52 bits per heavy atom. The first kappa shape index (κ1) is 24.0. The number of nitrogens with zero attached hydrogens (tertiary/aromatic N) is 1. The Kier molecular flexibility index (Phi) is 7.60. The molecule has 0 bridgehead atoms. The highest BCUT2D eigenvalue weighted by Gasteiger charge is 2.44. The van der Waals surface area contributed by atoms with Crippen LogP contribution >= 0.6 is 11.8 Å². The Hall–Kier alpha value is -2.11. The Balaban J connectivity index is 1.65. The maximum Gasteiger partial charge on any atom is 0.163 e. The normalized spacial score (nSPS) is 25.5. The van der Waals surface area contributed by atoms with Crippen LogP contribution in [0.4, 0.5) is 0 Å². The maximum absolute atomic E-state index is 10.7. The Labute approximate surface area is 196 Å². The number of aliphatic hydroxyl groups is 4. The predicted octanol–water partition coefficient (Wildman–Crippen LogP) is 1.80. The second-order valence-electron chi connectivity index (χ2n) is 8.16. The number of rotatable bonds is 8. The van der Waals surface area contributed by atoms with Gasteiger partial charge in [0.1, 0.15) is 30.2 Å². The molecule has 8 nitrogen and oxygen atoms in total. The molecule has 2 heterocycles. The highest BCUT2D eigenvalue weighted by molar-refractivity contribution is 7.99. The van der Waals surface area contributed by atoms with E-state index in [0.29, 0.717) is 13.2 Å². The molecular formula is C24H30N2O6S. The molecular weight excluding hydrogens is 444 g/mol. The molecule has 0 unspecified atom stereocenters. The van der Waals surface area contributed by atoms with Crippen molar-refractivity contribution in [3.05, 3.63) is 54.2 Å². The molecule has 0 saturated carbocycles. The van der Waals surface area contributed by atoms with Gasteiger partial charge in [-0.3, -0.25) is 0 Å². The summed E-state index contributed by atoms with van der Waals surface area (Å²) in [6.07, 6.45) is -3.46. The van der Waals surface area contributed by atoms with E-state index < -0.39 is 37.3 Å². The number of fused-ring (bicyclic) bond motifs is 1. The predicted molar refractivity (Wildman–Crippen MR) is 125 cm³/mol. The molecule has 2 aromatic carbocycles. The van der Waals surface area contributed by atoms with E-state index in [9.17, 15) is 20.4 Å². The number of aromatic nitrogens is 1. The molecule has 0 spiro atoms. The molecule has 33 heavy (non-hydrogen) atoms. The van der Waals surface area contributed by atoms with Crippen LogP contribution < -0.4 is 10.5 Å². The van der Waals surface area contributed by atoms with Gasteiger partial charge in [0.25, 0.3) is 0 Å². The van der Waals surface area contributed by atoms with Crippen LogP contribution in [0.25, 0.3) is 10.9 Å². The molecule has 178 valence electrons. The average molecular weight is 475 g/mol. The zero-order valence-corrected chi connectivity index (χ0v) is 19.2. The fraction of sp³-hybridized carbons (Fsp3) is 0.417. The summed E-state index contributed by atoms with van der Waals surface area (Å²) in [6.45, 7) is 2.66. The van der Waals surface area contributed by atoms with Crippen LogP contribution in [0.5, 0.6) is 5.75 Å². The van der Waals surface area contributed by atoms with Gasteiger partial charge in [-0.2, -0.15) is 0 Å². The summed E-state index contributed by atoms with van der Waals surface area (Å²) in [5.41, 5.74) is 7.33. The van der Waals surface area contributed by atoms with Crippen LogP contribution in [0.3, 0.4) is 0 Å². The van der Waals surface area contributed by atoms with E-state index in [4.69, 9.17) is 15.2 Å². The minimum atomic E-state index is -1.44. The topological polar surface area (TPSA) is 130 Å². The third-order valence-electron chi connectivity index (χ3n) is 5.83. The number of hydrogen-bond donors (Lipinski definition) is 5. The number of nitrogens with two attached hydrogens (primary N) is 1. The Morgan fingerprint density at radius 1 is 1.06 bits per heavy atom. The van der Waals surface area contributed by atoms with Crippen molar-refractivity contribution in [3.63, 3.8) is 0 Å². The zero-order chi connectivity index (χ0) is 23.5. The molecule has 3 aromatic rings. The fourth-order valence-corrected chi connectivity index (χ4v) is 5.03. The molecule has 0 radical (unpaired) electrons. The zero-order valence-electron chi connectivity index (χ0n) is 18.4. The van der Waals surface area contributed by atoms with Crippen LogP contribution in [0, 0.1) is 6.92 Å². The SMILES string of the molecule is Cc1cccc2c(Sc3ccc(OCCCN)cc3)cn([C@@H]3O[C@H](CO)[C@@H](O)[C@H](O)[C@H]3O)c12. The molecule has 1 aliphatic rings. The number of aryl methyl sites for hydroxylation is 1. The maximum atomic E-state index is 10.7. The molecule has 0 amide bonds.